The first kappa shape index (κ1) is 22.1. The number of imidazole rings is 1. The van der Waals surface area contributed by atoms with Crippen molar-refractivity contribution in [2.24, 2.45) is 11.8 Å². The lowest BCUT2D eigenvalue weighted by molar-refractivity contribution is -0.139. The number of phenols is 1. The van der Waals surface area contributed by atoms with Crippen molar-refractivity contribution >= 4 is 29.4 Å². The summed E-state index contributed by atoms with van der Waals surface area (Å²) in [5, 5.41) is 19.5. The Hall–Kier alpha value is -2.57. The van der Waals surface area contributed by atoms with Gasteiger partial charge in [-0.25, -0.2) is 4.98 Å². The van der Waals surface area contributed by atoms with Crippen LogP contribution in [0.2, 0.25) is 0 Å². The van der Waals surface area contributed by atoms with Crippen molar-refractivity contribution in [2.45, 2.75) is 32.7 Å². The molecule has 2 heterocycles. The highest BCUT2D eigenvalue weighted by atomic mass is 35.5. The van der Waals surface area contributed by atoms with Gasteiger partial charge in [0.15, 0.2) is 0 Å². The molecule has 1 aliphatic heterocycles. The van der Waals surface area contributed by atoms with Gasteiger partial charge < -0.3 is 15.2 Å². The predicted molar refractivity (Wildman–Crippen MR) is 119 cm³/mol. The second-order valence-corrected chi connectivity index (χ2v) is 8.18. The Morgan fingerprint density at radius 3 is 2.80 bits per heavy atom. The molecule has 0 spiro atoms. The van der Waals surface area contributed by atoms with Crippen molar-refractivity contribution in [1.82, 2.24) is 14.9 Å². The second-order valence-electron chi connectivity index (χ2n) is 8.18. The summed E-state index contributed by atoms with van der Waals surface area (Å²) in [5.41, 5.74) is 4.06. The van der Waals surface area contributed by atoms with Crippen molar-refractivity contribution in [3.63, 3.8) is 0 Å². The van der Waals surface area contributed by atoms with Gasteiger partial charge in [0.1, 0.15) is 11.6 Å². The summed E-state index contributed by atoms with van der Waals surface area (Å²) in [6, 6.07) is 13.6. The van der Waals surface area contributed by atoms with Gasteiger partial charge in [0.25, 0.3) is 0 Å². The molecule has 0 radical (unpaired) electrons. The zero-order valence-corrected chi connectivity index (χ0v) is 17.9. The molecule has 0 aliphatic carbocycles. The number of phenolic OH excluding ortho intramolecular Hbond substituents is 1. The number of aryl methyl sites for hydroxylation is 1. The maximum absolute atomic E-state index is 11.4. The van der Waals surface area contributed by atoms with E-state index < -0.39 is 5.97 Å². The van der Waals surface area contributed by atoms with Gasteiger partial charge in [-0.05, 0) is 55.5 Å². The molecule has 1 saturated heterocycles. The van der Waals surface area contributed by atoms with Crippen molar-refractivity contribution < 1.29 is 15.0 Å². The molecular weight excluding hydrogens is 402 g/mol. The Balaban J connectivity index is 0.00000256. The number of piperidine rings is 1. The molecule has 3 aromatic rings. The van der Waals surface area contributed by atoms with E-state index in [1.165, 1.54) is 5.56 Å². The summed E-state index contributed by atoms with van der Waals surface area (Å²) in [6.07, 6.45) is 1.75. The molecule has 4 rings (SSSR count). The van der Waals surface area contributed by atoms with E-state index in [1.807, 2.05) is 24.3 Å². The minimum atomic E-state index is -0.741. The number of aliphatic carboxylic acids is 1. The lowest BCUT2D eigenvalue weighted by atomic mass is 9.81. The number of hydrogen-bond donors (Lipinski definition) is 3. The SMILES string of the molecule is Cc1ccc2nc(C[C@H]3CN(Cc4ccccc4O)CC[C@H]3CC(=O)O)[nH]c2c1.Cl. The van der Waals surface area contributed by atoms with Crippen molar-refractivity contribution in [1.29, 1.82) is 0 Å². The van der Waals surface area contributed by atoms with Crippen LogP contribution in [0, 0.1) is 18.8 Å². The number of aromatic amines is 1. The van der Waals surface area contributed by atoms with Crippen LogP contribution in [-0.4, -0.2) is 44.1 Å². The molecule has 1 fully saturated rings. The van der Waals surface area contributed by atoms with Crippen LogP contribution in [-0.2, 0) is 17.8 Å². The van der Waals surface area contributed by atoms with Crippen molar-refractivity contribution in [3.05, 3.63) is 59.4 Å². The number of nitrogens with zero attached hydrogens (tertiary/aromatic N) is 2. The summed E-state index contributed by atoms with van der Waals surface area (Å²) < 4.78 is 0. The number of H-pyrrole nitrogens is 1. The predicted octanol–water partition coefficient (Wildman–Crippen LogP) is 4.15. The van der Waals surface area contributed by atoms with E-state index in [9.17, 15) is 15.0 Å². The number of carboxylic acid groups (broad SMARTS) is 1. The quantitative estimate of drug-likeness (QED) is 0.547. The normalized spacial score (nSPS) is 19.5. The summed E-state index contributed by atoms with van der Waals surface area (Å²) in [4.78, 5) is 21.8. The Labute approximate surface area is 182 Å². The van der Waals surface area contributed by atoms with Crippen molar-refractivity contribution in [3.8, 4) is 5.75 Å². The summed E-state index contributed by atoms with van der Waals surface area (Å²) >= 11 is 0. The number of benzene rings is 2. The van der Waals surface area contributed by atoms with E-state index in [0.29, 0.717) is 12.3 Å². The minimum Gasteiger partial charge on any atom is -0.508 e. The number of nitrogens with one attached hydrogen (secondary N) is 1. The van der Waals surface area contributed by atoms with E-state index in [1.54, 1.807) is 6.07 Å². The monoisotopic (exact) mass is 429 g/mol. The number of rotatable bonds is 6. The molecule has 160 valence electrons. The standard InChI is InChI=1S/C23H27N3O3.ClH/c1-15-6-7-19-20(10-15)25-22(24-19)11-18-14-26(9-8-16(18)12-23(28)29)13-17-4-2-3-5-21(17)27;/h2-7,10,16,18,27H,8-9,11-14H2,1H3,(H,24,25)(H,28,29);1H/t16-,18-;/m0./s1. The van der Waals surface area contributed by atoms with Gasteiger partial charge >= 0.3 is 5.97 Å². The Morgan fingerprint density at radius 2 is 2.03 bits per heavy atom. The number of aromatic nitrogens is 2. The van der Waals surface area contributed by atoms with Crippen LogP contribution in [0.3, 0.4) is 0 Å². The van der Waals surface area contributed by atoms with Gasteiger partial charge in [-0.2, -0.15) is 0 Å². The average molecular weight is 430 g/mol. The lowest BCUT2D eigenvalue weighted by Gasteiger charge is -2.38. The number of likely N-dealkylation sites (tertiary alicyclic amines) is 1. The van der Waals surface area contributed by atoms with Crippen LogP contribution < -0.4 is 0 Å². The zero-order valence-electron chi connectivity index (χ0n) is 17.0. The van der Waals surface area contributed by atoms with Gasteiger partial charge in [0.05, 0.1) is 11.0 Å². The highest BCUT2D eigenvalue weighted by Crippen LogP contribution is 2.31. The molecule has 2 atom stereocenters. The fourth-order valence-electron chi connectivity index (χ4n) is 4.43. The number of hydrogen-bond acceptors (Lipinski definition) is 4. The van der Waals surface area contributed by atoms with Gasteiger partial charge in [0.2, 0.25) is 0 Å². The Morgan fingerprint density at radius 1 is 1.23 bits per heavy atom. The number of carbonyl (C=O) groups is 1. The number of fused-ring (bicyclic) bond motifs is 1. The Bertz CT molecular complexity index is 1020. The van der Waals surface area contributed by atoms with E-state index >= 15 is 0 Å². The maximum Gasteiger partial charge on any atom is 0.303 e. The van der Waals surface area contributed by atoms with Gasteiger partial charge in [-0.15, -0.1) is 12.4 Å². The van der Waals surface area contributed by atoms with Gasteiger partial charge in [-0.3, -0.25) is 9.69 Å². The fourth-order valence-corrected chi connectivity index (χ4v) is 4.43. The second kappa shape index (κ2) is 9.49. The lowest BCUT2D eigenvalue weighted by Crippen LogP contribution is -2.41. The van der Waals surface area contributed by atoms with Gasteiger partial charge in [0, 0.05) is 31.5 Å². The summed E-state index contributed by atoms with van der Waals surface area (Å²) in [7, 11) is 0. The smallest absolute Gasteiger partial charge is 0.303 e. The maximum atomic E-state index is 11.4. The molecule has 0 bridgehead atoms. The molecule has 0 unspecified atom stereocenters. The van der Waals surface area contributed by atoms with E-state index in [0.717, 1.165) is 48.4 Å². The first-order valence-electron chi connectivity index (χ1n) is 10.1. The largest absolute Gasteiger partial charge is 0.508 e. The third kappa shape index (κ3) is 5.12. The molecule has 3 N–H and O–H groups in total. The van der Waals surface area contributed by atoms with Crippen LogP contribution in [0.1, 0.15) is 29.8 Å². The van der Waals surface area contributed by atoms with Crippen LogP contribution >= 0.6 is 12.4 Å². The van der Waals surface area contributed by atoms with Crippen LogP contribution in [0.4, 0.5) is 0 Å². The molecule has 30 heavy (non-hydrogen) atoms. The number of aromatic hydroxyl groups is 1. The van der Waals surface area contributed by atoms with Gasteiger partial charge in [-0.1, -0.05) is 24.3 Å². The average Bonchev–Trinajstić information content (AvgIpc) is 3.06. The fraction of sp³-hybridized carbons (Fsp3) is 0.391. The molecule has 2 aromatic carbocycles. The first-order chi connectivity index (χ1) is 14.0. The molecule has 0 amide bonds. The minimum absolute atomic E-state index is 0. The summed E-state index contributed by atoms with van der Waals surface area (Å²) in [6.45, 7) is 4.35. The highest BCUT2D eigenvalue weighted by molar-refractivity contribution is 5.85. The molecule has 6 nitrogen and oxygen atoms in total. The molecule has 7 heteroatoms. The van der Waals surface area contributed by atoms with E-state index in [4.69, 9.17) is 4.98 Å². The highest BCUT2D eigenvalue weighted by Gasteiger charge is 2.31. The van der Waals surface area contributed by atoms with Crippen LogP contribution in [0.5, 0.6) is 5.75 Å². The van der Waals surface area contributed by atoms with E-state index in [2.05, 4.69) is 28.9 Å². The topological polar surface area (TPSA) is 89.4 Å². The van der Waals surface area contributed by atoms with Crippen LogP contribution in [0.15, 0.2) is 42.5 Å². The third-order valence-corrected chi connectivity index (χ3v) is 5.94. The molecule has 1 aliphatic rings. The van der Waals surface area contributed by atoms with Crippen molar-refractivity contribution in [2.75, 3.05) is 13.1 Å². The third-order valence-electron chi connectivity index (χ3n) is 5.94. The molecule has 0 saturated carbocycles. The molecular formula is C23H28ClN3O3. The number of halogens is 1. The Kier molecular flexibility index (Phi) is 7.00. The number of para-hydroxylation sites is 1. The summed E-state index contributed by atoms with van der Waals surface area (Å²) in [5.74, 6) is 0.810. The number of carboxylic acids is 1. The first-order valence-corrected chi connectivity index (χ1v) is 10.1. The zero-order chi connectivity index (χ0) is 20.4. The molecule has 1 aromatic heterocycles. The van der Waals surface area contributed by atoms with Crippen LogP contribution in [0.25, 0.3) is 11.0 Å². The van der Waals surface area contributed by atoms with E-state index in [-0.39, 0.29) is 30.7 Å².